The second-order valence-corrected chi connectivity index (χ2v) is 7.12. The summed E-state index contributed by atoms with van der Waals surface area (Å²) in [5.74, 6) is -0.177. The van der Waals surface area contributed by atoms with E-state index in [1.54, 1.807) is 6.92 Å². The predicted molar refractivity (Wildman–Crippen MR) is 86.2 cm³/mol. The monoisotopic (exact) mass is 347 g/mol. The zero-order valence-electron chi connectivity index (χ0n) is 12.8. The largest absolute Gasteiger partial charge is 0.356 e. The molecule has 1 aromatic heterocycles. The van der Waals surface area contributed by atoms with Crippen molar-refractivity contribution >= 4 is 27.5 Å². The number of unbranched alkanes of at least 4 members (excludes halogenated alkanes) is 2. The quantitative estimate of drug-likeness (QED) is 0.529. The third-order valence-electron chi connectivity index (χ3n) is 2.96. The van der Waals surface area contributed by atoms with Crippen LogP contribution in [0.1, 0.15) is 39.5 Å². The van der Waals surface area contributed by atoms with Gasteiger partial charge in [0.2, 0.25) is 15.9 Å². The summed E-state index contributed by atoms with van der Waals surface area (Å²) in [5, 5.41) is 2.68. The van der Waals surface area contributed by atoms with Crippen molar-refractivity contribution in [3.63, 3.8) is 0 Å². The average Bonchev–Trinajstić information content (AvgIpc) is 2.43. The topological polar surface area (TPSA) is 88.2 Å². The standard InChI is InChI=1S/C14H22ClN3O3S/c1-3-4-5-8-16-13(19)10-11(2)18-22(20,21)12-7-6-9-17-14(12)15/h6-7,9,11,18H,3-5,8,10H2,1-2H3,(H,16,19)/t11-/m1/s1. The van der Waals surface area contributed by atoms with Gasteiger partial charge in [-0.25, -0.2) is 18.1 Å². The summed E-state index contributed by atoms with van der Waals surface area (Å²) >= 11 is 5.79. The molecule has 0 bridgehead atoms. The highest BCUT2D eigenvalue weighted by Gasteiger charge is 2.22. The average molecular weight is 348 g/mol. The summed E-state index contributed by atoms with van der Waals surface area (Å²) in [5.41, 5.74) is 0. The molecule has 0 aromatic carbocycles. The van der Waals surface area contributed by atoms with Crippen molar-refractivity contribution in [3.05, 3.63) is 23.5 Å². The van der Waals surface area contributed by atoms with Crippen molar-refractivity contribution in [1.29, 1.82) is 0 Å². The summed E-state index contributed by atoms with van der Waals surface area (Å²) in [6.45, 7) is 4.33. The first-order valence-electron chi connectivity index (χ1n) is 7.26. The highest BCUT2D eigenvalue weighted by molar-refractivity contribution is 7.89. The minimum atomic E-state index is -3.79. The summed E-state index contributed by atoms with van der Waals surface area (Å²) in [6.07, 6.45) is 4.55. The van der Waals surface area contributed by atoms with E-state index in [-0.39, 0.29) is 22.4 Å². The van der Waals surface area contributed by atoms with Crippen LogP contribution >= 0.6 is 11.6 Å². The Morgan fingerprint density at radius 1 is 1.41 bits per heavy atom. The van der Waals surface area contributed by atoms with Gasteiger partial charge in [-0.3, -0.25) is 4.79 Å². The summed E-state index contributed by atoms with van der Waals surface area (Å²) < 4.78 is 26.8. The van der Waals surface area contributed by atoms with Crippen LogP contribution in [0.2, 0.25) is 5.15 Å². The first-order valence-corrected chi connectivity index (χ1v) is 9.12. The van der Waals surface area contributed by atoms with Crippen LogP contribution in [-0.4, -0.2) is 31.9 Å². The zero-order chi connectivity index (χ0) is 16.6. The maximum Gasteiger partial charge on any atom is 0.243 e. The molecule has 0 aliphatic carbocycles. The van der Waals surface area contributed by atoms with Gasteiger partial charge in [0.05, 0.1) is 0 Å². The third-order valence-corrected chi connectivity index (χ3v) is 5.00. The Labute approximate surface area is 136 Å². The molecule has 1 aromatic rings. The van der Waals surface area contributed by atoms with Gasteiger partial charge < -0.3 is 5.32 Å². The normalized spacial score (nSPS) is 12.9. The number of nitrogens with one attached hydrogen (secondary N) is 2. The molecule has 1 atom stereocenters. The van der Waals surface area contributed by atoms with Crippen LogP contribution in [0.25, 0.3) is 0 Å². The van der Waals surface area contributed by atoms with E-state index in [9.17, 15) is 13.2 Å². The van der Waals surface area contributed by atoms with Crippen LogP contribution in [0, 0.1) is 0 Å². The second kappa shape index (κ2) is 9.07. The maximum absolute atomic E-state index is 12.2. The number of carbonyl (C=O) groups excluding carboxylic acids is 1. The van der Waals surface area contributed by atoms with E-state index in [0.717, 1.165) is 19.3 Å². The van der Waals surface area contributed by atoms with Crippen LogP contribution in [-0.2, 0) is 14.8 Å². The molecule has 0 saturated heterocycles. The van der Waals surface area contributed by atoms with Gasteiger partial charge in [0, 0.05) is 25.2 Å². The van der Waals surface area contributed by atoms with Crippen molar-refractivity contribution in [2.45, 2.75) is 50.5 Å². The van der Waals surface area contributed by atoms with Gasteiger partial charge in [-0.2, -0.15) is 0 Å². The Hall–Kier alpha value is -1.18. The van der Waals surface area contributed by atoms with Crippen LogP contribution in [0.15, 0.2) is 23.2 Å². The summed E-state index contributed by atoms with van der Waals surface area (Å²) in [6, 6.07) is 2.33. The Bertz CT molecular complexity index is 593. The fourth-order valence-electron chi connectivity index (χ4n) is 1.89. The van der Waals surface area contributed by atoms with Gasteiger partial charge in [-0.15, -0.1) is 0 Å². The minimum absolute atomic E-state index is 0.0727. The van der Waals surface area contributed by atoms with Crippen LogP contribution in [0.4, 0.5) is 0 Å². The number of amides is 1. The molecule has 0 saturated carbocycles. The molecule has 22 heavy (non-hydrogen) atoms. The van der Waals surface area contributed by atoms with E-state index in [4.69, 9.17) is 11.6 Å². The fourth-order valence-corrected chi connectivity index (χ4v) is 3.59. The van der Waals surface area contributed by atoms with E-state index >= 15 is 0 Å². The molecular weight excluding hydrogens is 326 g/mol. The molecule has 0 fully saturated rings. The Morgan fingerprint density at radius 2 is 2.14 bits per heavy atom. The molecule has 0 aliphatic heterocycles. The van der Waals surface area contributed by atoms with Gasteiger partial charge in [0.15, 0.2) is 0 Å². The molecule has 1 heterocycles. The smallest absolute Gasteiger partial charge is 0.243 e. The first-order chi connectivity index (χ1) is 10.4. The molecule has 2 N–H and O–H groups in total. The van der Waals surface area contributed by atoms with E-state index in [1.807, 2.05) is 0 Å². The summed E-state index contributed by atoms with van der Waals surface area (Å²) in [7, 11) is -3.79. The van der Waals surface area contributed by atoms with Crippen molar-refractivity contribution in [2.24, 2.45) is 0 Å². The number of halogens is 1. The van der Waals surface area contributed by atoms with E-state index < -0.39 is 16.1 Å². The number of pyridine rings is 1. The Kier molecular flexibility index (Phi) is 7.78. The van der Waals surface area contributed by atoms with Crippen LogP contribution in [0.5, 0.6) is 0 Å². The highest BCUT2D eigenvalue weighted by Crippen LogP contribution is 2.18. The Morgan fingerprint density at radius 3 is 2.77 bits per heavy atom. The van der Waals surface area contributed by atoms with Crippen molar-refractivity contribution < 1.29 is 13.2 Å². The fraction of sp³-hybridized carbons (Fsp3) is 0.571. The third kappa shape index (κ3) is 6.29. The van der Waals surface area contributed by atoms with E-state index in [2.05, 4.69) is 21.9 Å². The minimum Gasteiger partial charge on any atom is -0.356 e. The number of hydrogen-bond donors (Lipinski definition) is 2. The lowest BCUT2D eigenvalue weighted by Crippen LogP contribution is -2.37. The van der Waals surface area contributed by atoms with Gasteiger partial charge in [0.25, 0.3) is 0 Å². The van der Waals surface area contributed by atoms with Crippen molar-refractivity contribution in [3.8, 4) is 0 Å². The molecule has 6 nitrogen and oxygen atoms in total. The van der Waals surface area contributed by atoms with Gasteiger partial charge in [-0.05, 0) is 25.5 Å². The lowest BCUT2D eigenvalue weighted by atomic mass is 10.2. The lowest BCUT2D eigenvalue weighted by molar-refractivity contribution is -0.121. The first kappa shape index (κ1) is 18.9. The molecular formula is C14H22ClN3O3S. The number of carbonyl (C=O) groups is 1. The number of rotatable bonds is 9. The maximum atomic E-state index is 12.2. The molecule has 0 aliphatic rings. The molecule has 1 amide bonds. The molecule has 0 unspecified atom stereocenters. The van der Waals surface area contributed by atoms with Crippen molar-refractivity contribution in [1.82, 2.24) is 15.0 Å². The van der Waals surface area contributed by atoms with Gasteiger partial charge >= 0.3 is 0 Å². The summed E-state index contributed by atoms with van der Waals surface area (Å²) in [4.78, 5) is 15.4. The number of aromatic nitrogens is 1. The number of nitrogens with zero attached hydrogens (tertiary/aromatic N) is 1. The molecule has 1 rings (SSSR count). The molecule has 124 valence electrons. The highest BCUT2D eigenvalue weighted by atomic mass is 35.5. The molecule has 8 heteroatoms. The lowest BCUT2D eigenvalue weighted by Gasteiger charge is -2.14. The molecule has 0 radical (unpaired) electrons. The Balaban J connectivity index is 2.52. The SMILES string of the molecule is CCCCCNC(=O)C[C@@H](C)NS(=O)(=O)c1cccnc1Cl. The zero-order valence-corrected chi connectivity index (χ0v) is 14.4. The van der Waals surface area contributed by atoms with Gasteiger partial charge in [-0.1, -0.05) is 31.4 Å². The van der Waals surface area contributed by atoms with E-state index in [1.165, 1.54) is 18.3 Å². The van der Waals surface area contributed by atoms with Crippen molar-refractivity contribution in [2.75, 3.05) is 6.54 Å². The van der Waals surface area contributed by atoms with Crippen LogP contribution < -0.4 is 10.0 Å². The number of sulfonamides is 1. The van der Waals surface area contributed by atoms with Gasteiger partial charge in [0.1, 0.15) is 10.0 Å². The van der Waals surface area contributed by atoms with Crippen LogP contribution in [0.3, 0.4) is 0 Å². The predicted octanol–water partition coefficient (Wildman–Crippen LogP) is 2.10. The second-order valence-electron chi connectivity index (χ2n) is 5.08. The molecule has 0 spiro atoms. The van der Waals surface area contributed by atoms with E-state index in [0.29, 0.717) is 6.54 Å². The number of hydrogen-bond acceptors (Lipinski definition) is 4.